The molecule has 0 saturated heterocycles. The van der Waals surface area contributed by atoms with Crippen molar-refractivity contribution < 1.29 is 0 Å². The summed E-state index contributed by atoms with van der Waals surface area (Å²) in [5, 5.41) is 3.39. The Kier molecular flexibility index (Phi) is 4.29. The Morgan fingerprint density at radius 1 is 1.54 bits per heavy atom. The summed E-state index contributed by atoms with van der Waals surface area (Å²) in [6.07, 6.45) is 10.6. The minimum Gasteiger partial charge on any atom is -0.387 e. The van der Waals surface area contributed by atoms with Gasteiger partial charge in [-0.05, 0) is 34.7 Å². The third-order valence-electron chi connectivity index (χ3n) is 2.38. The van der Waals surface area contributed by atoms with Gasteiger partial charge in [-0.3, -0.25) is 0 Å². The lowest BCUT2D eigenvalue weighted by Crippen LogP contribution is -2.32. The van der Waals surface area contributed by atoms with E-state index in [4.69, 9.17) is 0 Å². The highest BCUT2D eigenvalue weighted by Gasteiger charge is 2.15. The van der Waals surface area contributed by atoms with Crippen molar-refractivity contribution in [1.82, 2.24) is 5.32 Å². The molecule has 0 radical (unpaired) electrons. The van der Waals surface area contributed by atoms with E-state index in [-0.39, 0.29) is 0 Å². The Balaban J connectivity index is 2.44. The number of allylic oxidation sites excluding steroid dienone is 3. The summed E-state index contributed by atoms with van der Waals surface area (Å²) in [4.78, 5) is 0. The number of hydrogen-bond acceptors (Lipinski definition) is 1. The third-order valence-corrected chi connectivity index (χ3v) is 2.93. The standard InChI is InChI=1S/C11H16BrN/c1-3-10(12)8-13-11-7-5-4-6-9(11)2/h3-5,8-9,11,13H,1,6-7H2,2H3/b10-8+/t9?,11-/m0/s1. The van der Waals surface area contributed by atoms with Gasteiger partial charge in [-0.15, -0.1) is 0 Å². The van der Waals surface area contributed by atoms with E-state index >= 15 is 0 Å². The van der Waals surface area contributed by atoms with Crippen molar-refractivity contribution in [3.05, 3.63) is 35.5 Å². The lowest BCUT2D eigenvalue weighted by Gasteiger charge is -2.25. The number of nitrogens with one attached hydrogen (secondary N) is 1. The minimum absolute atomic E-state index is 0.567. The Hall–Kier alpha value is -0.500. The first-order valence-corrected chi connectivity index (χ1v) is 5.42. The van der Waals surface area contributed by atoms with Crippen LogP contribution in [0.25, 0.3) is 0 Å². The van der Waals surface area contributed by atoms with Crippen LogP contribution in [0.15, 0.2) is 35.5 Å². The second-order valence-corrected chi connectivity index (χ2v) is 4.34. The maximum absolute atomic E-state index is 3.67. The van der Waals surface area contributed by atoms with Gasteiger partial charge in [0.15, 0.2) is 0 Å². The molecule has 0 heterocycles. The first kappa shape index (κ1) is 10.6. The van der Waals surface area contributed by atoms with E-state index in [0.29, 0.717) is 12.0 Å². The molecule has 0 aromatic carbocycles. The fourth-order valence-electron chi connectivity index (χ4n) is 1.43. The van der Waals surface area contributed by atoms with Crippen LogP contribution < -0.4 is 5.32 Å². The van der Waals surface area contributed by atoms with Crippen LogP contribution in [-0.2, 0) is 0 Å². The topological polar surface area (TPSA) is 12.0 Å². The largest absolute Gasteiger partial charge is 0.387 e. The lowest BCUT2D eigenvalue weighted by atomic mass is 9.91. The summed E-state index contributed by atoms with van der Waals surface area (Å²) in [6, 6.07) is 0.567. The van der Waals surface area contributed by atoms with Gasteiger partial charge >= 0.3 is 0 Å². The van der Waals surface area contributed by atoms with Crippen LogP contribution >= 0.6 is 15.9 Å². The zero-order valence-electron chi connectivity index (χ0n) is 7.96. The normalized spacial score (nSPS) is 28.6. The quantitative estimate of drug-likeness (QED) is 0.591. The van der Waals surface area contributed by atoms with E-state index in [1.54, 1.807) is 6.08 Å². The molecule has 2 atom stereocenters. The van der Waals surface area contributed by atoms with E-state index in [0.717, 1.165) is 10.9 Å². The van der Waals surface area contributed by atoms with Gasteiger partial charge < -0.3 is 5.32 Å². The number of hydrogen-bond donors (Lipinski definition) is 1. The van der Waals surface area contributed by atoms with Crippen molar-refractivity contribution >= 4 is 15.9 Å². The molecule has 1 unspecified atom stereocenters. The average Bonchev–Trinajstić information content (AvgIpc) is 2.16. The van der Waals surface area contributed by atoms with E-state index in [1.807, 2.05) is 6.20 Å². The van der Waals surface area contributed by atoms with E-state index in [2.05, 4.69) is 46.9 Å². The Labute approximate surface area is 88.7 Å². The van der Waals surface area contributed by atoms with Crippen LogP contribution in [0.3, 0.4) is 0 Å². The Morgan fingerprint density at radius 3 is 2.85 bits per heavy atom. The summed E-state index contributed by atoms with van der Waals surface area (Å²) in [5.74, 6) is 0.714. The first-order chi connectivity index (χ1) is 6.24. The molecule has 13 heavy (non-hydrogen) atoms. The minimum atomic E-state index is 0.567. The van der Waals surface area contributed by atoms with Gasteiger partial charge in [0.2, 0.25) is 0 Å². The van der Waals surface area contributed by atoms with Gasteiger partial charge in [0.25, 0.3) is 0 Å². The van der Waals surface area contributed by atoms with Crippen LogP contribution in [0, 0.1) is 5.92 Å². The molecule has 2 heteroatoms. The lowest BCUT2D eigenvalue weighted by molar-refractivity contribution is 0.402. The van der Waals surface area contributed by atoms with Gasteiger partial charge in [0.1, 0.15) is 0 Å². The Bertz CT molecular complexity index is 230. The van der Waals surface area contributed by atoms with Gasteiger partial charge in [0, 0.05) is 16.7 Å². The van der Waals surface area contributed by atoms with Gasteiger partial charge in [-0.2, -0.15) is 0 Å². The highest BCUT2D eigenvalue weighted by Crippen LogP contribution is 2.18. The predicted molar refractivity (Wildman–Crippen MR) is 61.7 cm³/mol. The fraction of sp³-hybridized carbons (Fsp3) is 0.455. The predicted octanol–water partition coefficient (Wildman–Crippen LogP) is 3.35. The molecule has 1 aliphatic carbocycles. The molecule has 1 aliphatic rings. The highest BCUT2D eigenvalue weighted by atomic mass is 79.9. The maximum atomic E-state index is 3.67. The molecular formula is C11H16BrN. The molecule has 1 nitrogen and oxygen atoms in total. The van der Waals surface area contributed by atoms with Gasteiger partial charge in [0.05, 0.1) is 0 Å². The van der Waals surface area contributed by atoms with Crippen molar-refractivity contribution in [2.75, 3.05) is 0 Å². The zero-order chi connectivity index (χ0) is 9.68. The van der Waals surface area contributed by atoms with Crippen LogP contribution in [0.5, 0.6) is 0 Å². The molecule has 0 aromatic heterocycles. The SMILES string of the molecule is C=C/C(Br)=C\N[C@H]1CC=CCC1C. The molecule has 0 amide bonds. The van der Waals surface area contributed by atoms with Crippen LogP contribution in [0.1, 0.15) is 19.8 Å². The molecule has 0 aliphatic heterocycles. The molecule has 0 fully saturated rings. The molecule has 1 N–H and O–H groups in total. The number of rotatable bonds is 3. The Morgan fingerprint density at radius 2 is 2.23 bits per heavy atom. The van der Waals surface area contributed by atoms with E-state index in [1.165, 1.54) is 6.42 Å². The molecule has 1 rings (SSSR count). The molecular weight excluding hydrogens is 226 g/mol. The molecule has 0 bridgehead atoms. The van der Waals surface area contributed by atoms with Crippen LogP contribution in [0.2, 0.25) is 0 Å². The second kappa shape index (κ2) is 5.28. The van der Waals surface area contributed by atoms with Crippen molar-refractivity contribution in [3.63, 3.8) is 0 Å². The van der Waals surface area contributed by atoms with Gasteiger partial charge in [-0.1, -0.05) is 31.7 Å². The van der Waals surface area contributed by atoms with E-state index in [9.17, 15) is 0 Å². The van der Waals surface area contributed by atoms with Crippen molar-refractivity contribution in [2.45, 2.75) is 25.8 Å². The average molecular weight is 242 g/mol. The number of halogens is 1. The summed E-state index contributed by atoms with van der Waals surface area (Å²) in [6.45, 7) is 5.95. The molecule has 72 valence electrons. The van der Waals surface area contributed by atoms with Crippen molar-refractivity contribution in [1.29, 1.82) is 0 Å². The fourth-order valence-corrected chi connectivity index (χ4v) is 1.56. The van der Waals surface area contributed by atoms with E-state index < -0.39 is 0 Å². The summed E-state index contributed by atoms with van der Waals surface area (Å²) < 4.78 is 1.01. The summed E-state index contributed by atoms with van der Waals surface area (Å²) >= 11 is 3.39. The van der Waals surface area contributed by atoms with Crippen molar-refractivity contribution in [3.8, 4) is 0 Å². The first-order valence-electron chi connectivity index (χ1n) is 4.63. The van der Waals surface area contributed by atoms with Crippen LogP contribution in [0.4, 0.5) is 0 Å². The third kappa shape index (κ3) is 3.39. The zero-order valence-corrected chi connectivity index (χ0v) is 9.55. The second-order valence-electron chi connectivity index (χ2n) is 3.43. The molecule has 0 aromatic rings. The highest BCUT2D eigenvalue weighted by molar-refractivity contribution is 9.11. The van der Waals surface area contributed by atoms with Gasteiger partial charge in [-0.25, -0.2) is 0 Å². The van der Waals surface area contributed by atoms with Crippen molar-refractivity contribution in [2.24, 2.45) is 5.92 Å². The maximum Gasteiger partial charge on any atom is 0.0326 e. The summed E-state index contributed by atoms with van der Waals surface area (Å²) in [5.41, 5.74) is 0. The molecule has 0 spiro atoms. The molecule has 0 saturated carbocycles. The monoisotopic (exact) mass is 241 g/mol. The van der Waals surface area contributed by atoms with Crippen LogP contribution in [-0.4, -0.2) is 6.04 Å². The smallest absolute Gasteiger partial charge is 0.0326 e. The summed E-state index contributed by atoms with van der Waals surface area (Å²) in [7, 11) is 0.